The van der Waals surface area contributed by atoms with Crippen LogP contribution in [0.25, 0.3) is 0 Å². The number of hydrogen-bond donors (Lipinski definition) is 2. The number of nitrogens with one attached hydrogen (secondary N) is 1. The maximum absolute atomic E-state index is 13.3. The van der Waals surface area contributed by atoms with Crippen LogP contribution < -0.4 is 5.32 Å². The van der Waals surface area contributed by atoms with Gasteiger partial charge in [-0.1, -0.05) is 50.2 Å². The van der Waals surface area contributed by atoms with Gasteiger partial charge in [0, 0.05) is 19.5 Å². The van der Waals surface area contributed by atoms with Crippen LogP contribution in [-0.4, -0.2) is 34.3 Å². The monoisotopic (exact) mass is 394 g/mol. The fourth-order valence-electron chi connectivity index (χ4n) is 3.58. The first-order valence-corrected chi connectivity index (χ1v) is 9.83. The Hall–Kier alpha value is -3.15. The van der Waals surface area contributed by atoms with Gasteiger partial charge in [0.25, 0.3) is 0 Å². The Kier molecular flexibility index (Phi) is 6.32. The zero-order chi connectivity index (χ0) is 21.0. The summed E-state index contributed by atoms with van der Waals surface area (Å²) in [4.78, 5) is 38.7. The smallest absolute Gasteiger partial charge is 0.335 e. The molecule has 0 saturated carbocycles. The number of carboxylic acid groups (broad SMARTS) is 1. The lowest BCUT2D eigenvalue weighted by Crippen LogP contribution is -2.45. The molecule has 2 aromatic rings. The molecule has 1 aliphatic heterocycles. The number of carbonyl (C=O) groups excluding carboxylic acids is 2. The van der Waals surface area contributed by atoms with Crippen LogP contribution in [0, 0.1) is 5.92 Å². The van der Waals surface area contributed by atoms with Gasteiger partial charge < -0.3 is 15.3 Å². The Labute approximate surface area is 170 Å². The average Bonchev–Trinajstić information content (AvgIpc) is 2.70. The molecule has 29 heavy (non-hydrogen) atoms. The van der Waals surface area contributed by atoms with Crippen molar-refractivity contribution in [3.8, 4) is 0 Å². The van der Waals surface area contributed by atoms with Crippen molar-refractivity contribution in [1.29, 1.82) is 0 Å². The quantitative estimate of drug-likeness (QED) is 0.788. The average molecular weight is 394 g/mol. The molecule has 2 aromatic carbocycles. The van der Waals surface area contributed by atoms with Gasteiger partial charge in [-0.3, -0.25) is 9.59 Å². The third-order valence-corrected chi connectivity index (χ3v) is 5.06. The summed E-state index contributed by atoms with van der Waals surface area (Å²) in [6.07, 6.45) is 1.00. The third kappa shape index (κ3) is 5.02. The van der Waals surface area contributed by atoms with Crippen LogP contribution in [0.2, 0.25) is 0 Å². The molecule has 0 radical (unpaired) electrons. The minimum absolute atomic E-state index is 0.159. The standard InChI is InChI=1S/C23H26N2O4/c1-15(2)12-20(26)24-21(17-6-4-3-5-7-17)22(27)25-11-10-16-8-9-18(23(28)29)13-19(16)14-25/h3-9,13,15,21H,10-12,14H2,1-2H3,(H,24,26)(H,28,29). The van der Waals surface area contributed by atoms with Crippen LogP contribution in [0.4, 0.5) is 0 Å². The summed E-state index contributed by atoms with van der Waals surface area (Å²) in [5.74, 6) is -1.13. The summed E-state index contributed by atoms with van der Waals surface area (Å²) in [6, 6.07) is 13.5. The number of aromatic carboxylic acids is 1. The van der Waals surface area contributed by atoms with Crippen LogP contribution in [0.15, 0.2) is 48.5 Å². The van der Waals surface area contributed by atoms with E-state index >= 15 is 0 Å². The van der Waals surface area contributed by atoms with Crippen molar-refractivity contribution >= 4 is 17.8 Å². The molecule has 2 amide bonds. The molecule has 152 valence electrons. The highest BCUT2D eigenvalue weighted by Gasteiger charge is 2.30. The lowest BCUT2D eigenvalue weighted by atomic mass is 9.96. The molecule has 1 heterocycles. The van der Waals surface area contributed by atoms with Crippen molar-refractivity contribution in [3.63, 3.8) is 0 Å². The van der Waals surface area contributed by atoms with E-state index in [2.05, 4.69) is 5.32 Å². The minimum atomic E-state index is -0.987. The number of amides is 2. The minimum Gasteiger partial charge on any atom is -0.478 e. The number of fused-ring (bicyclic) bond motifs is 1. The van der Waals surface area contributed by atoms with Gasteiger partial charge in [-0.05, 0) is 41.2 Å². The Balaban J connectivity index is 1.83. The van der Waals surface area contributed by atoms with E-state index in [0.29, 0.717) is 25.9 Å². The van der Waals surface area contributed by atoms with Gasteiger partial charge in [0.15, 0.2) is 0 Å². The third-order valence-electron chi connectivity index (χ3n) is 5.06. The Morgan fingerprint density at radius 3 is 2.45 bits per heavy atom. The van der Waals surface area contributed by atoms with E-state index < -0.39 is 12.0 Å². The molecule has 6 nitrogen and oxygen atoms in total. The van der Waals surface area contributed by atoms with Gasteiger partial charge in [-0.25, -0.2) is 4.79 Å². The van der Waals surface area contributed by atoms with Crippen molar-refractivity contribution in [3.05, 3.63) is 70.8 Å². The highest BCUT2D eigenvalue weighted by Crippen LogP contribution is 2.24. The van der Waals surface area contributed by atoms with Gasteiger partial charge in [-0.15, -0.1) is 0 Å². The van der Waals surface area contributed by atoms with Crippen LogP contribution in [0.5, 0.6) is 0 Å². The van der Waals surface area contributed by atoms with Crippen molar-refractivity contribution in [2.45, 2.75) is 39.3 Å². The van der Waals surface area contributed by atoms with E-state index in [4.69, 9.17) is 0 Å². The molecule has 0 fully saturated rings. The van der Waals surface area contributed by atoms with Crippen LogP contribution >= 0.6 is 0 Å². The molecule has 0 saturated heterocycles. The van der Waals surface area contributed by atoms with E-state index in [9.17, 15) is 19.5 Å². The SMILES string of the molecule is CC(C)CC(=O)NC(C(=O)N1CCc2ccc(C(=O)O)cc2C1)c1ccccc1. The first-order valence-electron chi connectivity index (χ1n) is 9.83. The molecule has 1 aliphatic rings. The van der Waals surface area contributed by atoms with E-state index in [1.165, 1.54) is 0 Å². The first kappa shape index (κ1) is 20.6. The van der Waals surface area contributed by atoms with Gasteiger partial charge >= 0.3 is 5.97 Å². The van der Waals surface area contributed by atoms with Crippen LogP contribution in [0.3, 0.4) is 0 Å². The molecule has 6 heteroatoms. The number of rotatable bonds is 6. The van der Waals surface area contributed by atoms with Crippen LogP contribution in [0.1, 0.15) is 53.4 Å². The zero-order valence-corrected chi connectivity index (χ0v) is 16.7. The highest BCUT2D eigenvalue weighted by atomic mass is 16.4. The summed E-state index contributed by atoms with van der Waals surface area (Å²) in [5, 5.41) is 12.1. The Morgan fingerprint density at radius 2 is 1.79 bits per heavy atom. The van der Waals surface area contributed by atoms with E-state index in [1.807, 2.05) is 50.2 Å². The second kappa shape index (κ2) is 8.90. The Morgan fingerprint density at radius 1 is 1.07 bits per heavy atom. The molecule has 3 rings (SSSR count). The number of benzene rings is 2. The lowest BCUT2D eigenvalue weighted by molar-refractivity contribution is -0.137. The zero-order valence-electron chi connectivity index (χ0n) is 16.7. The molecule has 0 spiro atoms. The summed E-state index contributed by atoms with van der Waals surface area (Å²) < 4.78 is 0. The van der Waals surface area contributed by atoms with Crippen molar-refractivity contribution in [2.24, 2.45) is 5.92 Å². The van der Waals surface area contributed by atoms with E-state index in [1.54, 1.807) is 17.0 Å². The summed E-state index contributed by atoms with van der Waals surface area (Å²) >= 11 is 0. The van der Waals surface area contributed by atoms with Gasteiger partial charge in [-0.2, -0.15) is 0 Å². The normalized spacial score (nSPS) is 14.2. The number of carbonyl (C=O) groups is 3. The van der Waals surface area contributed by atoms with Gasteiger partial charge in [0.05, 0.1) is 5.56 Å². The number of hydrogen-bond acceptors (Lipinski definition) is 3. The number of carboxylic acids is 1. The van der Waals surface area contributed by atoms with Crippen molar-refractivity contribution < 1.29 is 19.5 Å². The highest BCUT2D eigenvalue weighted by molar-refractivity contribution is 5.89. The molecular formula is C23H26N2O4. The van der Waals surface area contributed by atoms with Crippen molar-refractivity contribution in [1.82, 2.24) is 10.2 Å². The largest absolute Gasteiger partial charge is 0.478 e. The predicted molar refractivity (Wildman–Crippen MR) is 109 cm³/mol. The van der Waals surface area contributed by atoms with Gasteiger partial charge in [0.2, 0.25) is 11.8 Å². The first-order chi connectivity index (χ1) is 13.8. The second-order valence-corrected chi connectivity index (χ2v) is 7.81. The van der Waals surface area contributed by atoms with E-state index in [0.717, 1.165) is 16.7 Å². The van der Waals surface area contributed by atoms with Crippen LogP contribution in [-0.2, 0) is 22.6 Å². The van der Waals surface area contributed by atoms with Gasteiger partial charge in [0.1, 0.15) is 6.04 Å². The Bertz CT molecular complexity index is 908. The second-order valence-electron chi connectivity index (χ2n) is 7.81. The van der Waals surface area contributed by atoms with Crippen molar-refractivity contribution in [2.75, 3.05) is 6.54 Å². The number of nitrogens with zero attached hydrogens (tertiary/aromatic N) is 1. The maximum Gasteiger partial charge on any atom is 0.335 e. The lowest BCUT2D eigenvalue weighted by Gasteiger charge is -2.32. The molecule has 0 aromatic heterocycles. The summed E-state index contributed by atoms with van der Waals surface area (Å²) in [7, 11) is 0. The molecular weight excluding hydrogens is 368 g/mol. The fraction of sp³-hybridized carbons (Fsp3) is 0.348. The topological polar surface area (TPSA) is 86.7 Å². The summed E-state index contributed by atoms with van der Waals surface area (Å²) in [5.41, 5.74) is 2.84. The maximum atomic E-state index is 13.3. The molecule has 1 unspecified atom stereocenters. The molecule has 0 aliphatic carbocycles. The summed E-state index contributed by atoms with van der Waals surface area (Å²) in [6.45, 7) is 4.78. The molecule has 0 bridgehead atoms. The molecule has 2 N–H and O–H groups in total. The molecule has 1 atom stereocenters. The fourth-order valence-corrected chi connectivity index (χ4v) is 3.58. The predicted octanol–water partition coefficient (Wildman–Crippen LogP) is 3.17. The van der Waals surface area contributed by atoms with E-state index in [-0.39, 0.29) is 23.3 Å².